The van der Waals surface area contributed by atoms with Crippen LogP contribution in [0.4, 0.5) is 0 Å². The van der Waals surface area contributed by atoms with Gasteiger partial charge in [-0.05, 0) is 43.4 Å². The number of carboxylic acids is 1. The predicted molar refractivity (Wildman–Crippen MR) is 247 cm³/mol. The van der Waals surface area contributed by atoms with Crippen molar-refractivity contribution in [2.45, 2.75) is 151 Å². The van der Waals surface area contributed by atoms with Crippen LogP contribution < -0.4 is 32.3 Å². The van der Waals surface area contributed by atoms with E-state index in [1.807, 2.05) is 0 Å². The van der Waals surface area contributed by atoms with Crippen LogP contribution in [0.25, 0.3) is 0 Å². The zero-order chi connectivity index (χ0) is 53.8. The van der Waals surface area contributed by atoms with E-state index >= 15 is 0 Å². The van der Waals surface area contributed by atoms with Gasteiger partial charge in [0.25, 0.3) is 0 Å². The Morgan fingerprint density at radius 2 is 1.52 bits per heavy atom. The molecule has 0 saturated carbocycles. The number of benzene rings is 1. The molecule has 1 aromatic carbocycles. The lowest BCUT2D eigenvalue weighted by molar-refractivity contribution is -0.347. The lowest BCUT2D eigenvalue weighted by Gasteiger charge is -2.48. The summed E-state index contributed by atoms with van der Waals surface area (Å²) in [6.07, 6.45) is -14.5. The number of aromatic nitrogens is 2. The summed E-state index contributed by atoms with van der Waals surface area (Å²) in [5.74, 6) is -6.83. The molecule has 4 heterocycles. The number of imidazole rings is 1. The van der Waals surface area contributed by atoms with Crippen molar-refractivity contribution in [3.8, 4) is 5.75 Å². The predicted octanol–water partition coefficient (Wildman–Crippen LogP) is -6.30. The van der Waals surface area contributed by atoms with E-state index in [4.69, 9.17) is 24.7 Å². The Labute approximate surface area is 418 Å². The SMILES string of the molecule is CC(=O)N[C@H]1[C@@H](O[C@H](C)[C@H](NC(=O)[C@@H](N)C(C)C)C(=O)N[C@@H](Cc2cnc[nH]2)C(=O)N2CCC[C@H]2C(=O)NCC(=O)N[C@@H](Cc2ccc(O)cc2)C(=O)O)O[C@H](CO)[C@H](O)[C@@H]1O[C@@H]1O[C@H](CO)[C@H](O)[C@H](O)[C@H]1O. The van der Waals surface area contributed by atoms with Gasteiger partial charge in [0.1, 0.15) is 78.7 Å². The topological polar surface area (TPSA) is 436 Å². The molecule has 0 spiro atoms. The summed E-state index contributed by atoms with van der Waals surface area (Å²) in [7, 11) is 0. The molecule has 406 valence electrons. The second-order valence-corrected chi connectivity index (χ2v) is 18.4. The highest BCUT2D eigenvalue weighted by Crippen LogP contribution is 2.31. The second kappa shape index (κ2) is 26.3. The summed E-state index contributed by atoms with van der Waals surface area (Å²) in [6, 6.07) is -2.84. The maximum atomic E-state index is 14.6. The van der Waals surface area contributed by atoms with Crippen LogP contribution in [0.15, 0.2) is 36.8 Å². The summed E-state index contributed by atoms with van der Waals surface area (Å²) in [5, 5.41) is 94.7. The summed E-state index contributed by atoms with van der Waals surface area (Å²) in [6.45, 7) is 3.32. The van der Waals surface area contributed by atoms with Gasteiger partial charge in [-0.3, -0.25) is 28.8 Å². The monoisotopic (exact) mass is 1040 g/mol. The third-order valence-corrected chi connectivity index (χ3v) is 12.6. The molecule has 0 unspecified atom stereocenters. The largest absolute Gasteiger partial charge is 0.508 e. The molecule has 3 fully saturated rings. The molecule has 1 aromatic heterocycles. The van der Waals surface area contributed by atoms with Crippen molar-refractivity contribution in [1.82, 2.24) is 41.5 Å². The van der Waals surface area contributed by atoms with Gasteiger partial charge in [-0.25, -0.2) is 9.78 Å². The number of nitrogens with two attached hydrogens (primary N) is 1. The number of nitrogens with one attached hydrogen (secondary N) is 6. The third-order valence-electron chi connectivity index (χ3n) is 12.6. The van der Waals surface area contributed by atoms with E-state index in [1.165, 1.54) is 48.6 Å². The number of rotatable bonds is 23. The van der Waals surface area contributed by atoms with Crippen molar-refractivity contribution >= 4 is 41.4 Å². The van der Waals surface area contributed by atoms with Gasteiger partial charge in [0.05, 0.1) is 38.2 Å². The zero-order valence-corrected chi connectivity index (χ0v) is 40.5. The summed E-state index contributed by atoms with van der Waals surface area (Å²) >= 11 is 0. The first-order valence-corrected chi connectivity index (χ1v) is 23.6. The van der Waals surface area contributed by atoms with Crippen LogP contribution in [0.3, 0.4) is 0 Å². The Kier molecular flexibility index (Phi) is 20.9. The Morgan fingerprint density at radius 1 is 0.863 bits per heavy atom. The van der Waals surface area contributed by atoms with Gasteiger partial charge < -0.3 is 102 Å². The maximum absolute atomic E-state index is 14.6. The number of H-pyrrole nitrogens is 1. The van der Waals surface area contributed by atoms with Crippen molar-refractivity contribution in [3.63, 3.8) is 0 Å². The van der Waals surface area contributed by atoms with Gasteiger partial charge in [-0.1, -0.05) is 26.0 Å². The molecule has 16 N–H and O–H groups in total. The number of hydrogen-bond acceptors (Lipinski definition) is 20. The Morgan fingerprint density at radius 3 is 2.12 bits per heavy atom. The first kappa shape index (κ1) is 58.0. The molecular formula is C45H67N9O19. The Hall–Kier alpha value is -5.92. The van der Waals surface area contributed by atoms with Crippen LogP contribution >= 0.6 is 0 Å². The number of likely N-dealkylation sites (tertiary alicyclic amines) is 1. The number of aliphatic hydroxyl groups excluding tert-OH is 6. The highest BCUT2D eigenvalue weighted by Gasteiger charge is 2.52. The first-order chi connectivity index (χ1) is 34.5. The first-order valence-electron chi connectivity index (χ1n) is 23.6. The molecule has 28 nitrogen and oxygen atoms in total. The lowest BCUT2D eigenvalue weighted by Crippen LogP contribution is -2.69. The van der Waals surface area contributed by atoms with Gasteiger partial charge >= 0.3 is 5.97 Å². The fourth-order valence-electron chi connectivity index (χ4n) is 8.49. The highest BCUT2D eigenvalue weighted by atomic mass is 16.7. The molecule has 5 rings (SSSR count). The number of carbonyl (C=O) groups is 7. The molecule has 0 bridgehead atoms. The van der Waals surface area contributed by atoms with E-state index in [0.717, 1.165) is 6.92 Å². The highest BCUT2D eigenvalue weighted by molar-refractivity contribution is 5.96. The zero-order valence-electron chi connectivity index (χ0n) is 40.5. The van der Waals surface area contributed by atoms with Crippen molar-refractivity contribution in [2.24, 2.45) is 11.7 Å². The standard InChI is InChI=1S/C45H67N9O19/c1-19(2)31(46)40(65)53-32(20(3)70-44-33(50-21(4)57)38(35(61)29(17-56)71-44)73-45-37(63)36(62)34(60)28(16-55)72-45)41(66)52-25(13-23-14-47-18-49-23)42(67)54-11-5-6-27(54)39(64)48-15-30(59)51-26(43(68)69)12-22-7-9-24(58)10-8-22/h7-10,14,18-20,25-29,31-38,44-45,55-56,58,60-63H,5-6,11-13,15-17,46H2,1-4H3,(H,47,49)(H,48,64)(H,50,57)(H,51,59)(H,52,66)(H,53,65)(H,68,69)/t20-,25+,26+,27+,28-,29-,31+,32+,33-,34+,35+,36+,37-,38-,44+,45+/m1/s1. The van der Waals surface area contributed by atoms with Crippen LogP contribution in [0.5, 0.6) is 5.75 Å². The molecule has 28 heteroatoms. The van der Waals surface area contributed by atoms with Gasteiger partial charge in [0.15, 0.2) is 12.6 Å². The molecule has 0 aliphatic carbocycles. The Balaban J connectivity index is 1.37. The molecule has 3 aliphatic rings. The maximum Gasteiger partial charge on any atom is 0.326 e. The van der Waals surface area contributed by atoms with Gasteiger partial charge in [0, 0.05) is 38.2 Å². The number of carboxylic acid groups (broad SMARTS) is 1. The summed E-state index contributed by atoms with van der Waals surface area (Å²) in [4.78, 5) is 102. The molecule has 3 saturated heterocycles. The number of nitrogens with zero attached hydrogens (tertiary/aromatic N) is 2. The smallest absolute Gasteiger partial charge is 0.326 e. The third kappa shape index (κ3) is 15.1. The number of phenols is 1. The summed E-state index contributed by atoms with van der Waals surface area (Å²) < 4.78 is 23.5. The summed E-state index contributed by atoms with van der Waals surface area (Å²) in [5.41, 5.74) is 7.04. The number of aromatic hydroxyl groups is 1. The number of ether oxygens (including phenoxy) is 4. The molecule has 3 aliphatic heterocycles. The van der Waals surface area contributed by atoms with Crippen molar-refractivity contribution < 1.29 is 93.4 Å². The van der Waals surface area contributed by atoms with Gasteiger partial charge in [-0.15, -0.1) is 0 Å². The van der Waals surface area contributed by atoms with Crippen LogP contribution in [-0.2, 0) is 65.4 Å². The molecule has 0 radical (unpaired) electrons. The van der Waals surface area contributed by atoms with Crippen LogP contribution in [0.2, 0.25) is 0 Å². The number of aromatic amines is 1. The van der Waals surface area contributed by atoms with Crippen molar-refractivity contribution in [2.75, 3.05) is 26.3 Å². The van der Waals surface area contributed by atoms with Crippen LogP contribution in [-0.4, -0.2) is 221 Å². The number of phenolic OH excluding ortho intramolecular Hbond substituents is 1. The quantitative estimate of drug-likeness (QED) is 0.0492. The van der Waals surface area contributed by atoms with Crippen molar-refractivity contribution in [1.29, 1.82) is 0 Å². The molecule has 73 heavy (non-hydrogen) atoms. The van der Waals surface area contributed by atoms with Crippen molar-refractivity contribution in [3.05, 3.63) is 48.0 Å². The lowest BCUT2D eigenvalue weighted by atomic mass is 9.95. The minimum absolute atomic E-state index is 0.0306. The van der Waals surface area contributed by atoms with Gasteiger partial charge in [-0.2, -0.15) is 0 Å². The molecular weight excluding hydrogens is 971 g/mol. The van der Waals surface area contributed by atoms with E-state index in [0.29, 0.717) is 17.7 Å². The average molecular weight is 1040 g/mol. The minimum Gasteiger partial charge on any atom is -0.508 e. The van der Waals surface area contributed by atoms with E-state index in [-0.39, 0.29) is 31.6 Å². The average Bonchev–Trinajstić information content (AvgIpc) is 4.07. The molecule has 2 aromatic rings. The van der Waals surface area contributed by atoms with Gasteiger partial charge in [0.2, 0.25) is 35.4 Å². The normalized spacial score (nSPS) is 28.2. The number of hydrogen-bond donors (Lipinski definition) is 15. The van der Waals surface area contributed by atoms with E-state index in [2.05, 4.69) is 36.6 Å². The second-order valence-electron chi connectivity index (χ2n) is 18.4. The number of aliphatic hydroxyl groups is 6. The fourth-order valence-corrected chi connectivity index (χ4v) is 8.49. The van der Waals surface area contributed by atoms with E-state index < -0.39 is 165 Å². The fraction of sp³-hybridized carbons (Fsp3) is 0.644. The molecule has 16 atom stereocenters. The number of aliphatic carboxylic acids is 1. The number of carbonyl (C=O) groups excluding carboxylic acids is 6. The Bertz CT molecular complexity index is 2190. The van der Waals surface area contributed by atoms with E-state index in [9.17, 15) is 74.4 Å². The van der Waals surface area contributed by atoms with Crippen LogP contribution in [0.1, 0.15) is 51.8 Å². The van der Waals surface area contributed by atoms with Crippen LogP contribution in [0, 0.1) is 5.92 Å². The molecule has 6 amide bonds. The van der Waals surface area contributed by atoms with E-state index in [1.54, 1.807) is 13.8 Å². The number of amides is 6. The minimum atomic E-state index is -1.97.